The number of nitrogens with zero attached hydrogens (tertiary/aromatic N) is 2. The molecule has 1 N–H and O–H groups in total. The largest absolute Gasteiger partial charge is 0.366 e. The van der Waals surface area contributed by atoms with Gasteiger partial charge >= 0.3 is 0 Å². The Bertz CT molecular complexity index is 1240. The Morgan fingerprint density at radius 2 is 1.86 bits per heavy atom. The number of allylic oxidation sites excluding steroid dienone is 2. The van der Waals surface area contributed by atoms with E-state index in [1.807, 2.05) is 12.1 Å². The van der Waals surface area contributed by atoms with Gasteiger partial charge in [0.15, 0.2) is 0 Å². The lowest BCUT2D eigenvalue weighted by molar-refractivity contribution is 0.320. The smallest absolute Gasteiger partial charge is 0.253 e. The molecule has 3 atom stereocenters. The van der Waals surface area contributed by atoms with Crippen LogP contribution < -0.4 is 21.1 Å². The summed E-state index contributed by atoms with van der Waals surface area (Å²) in [5, 5.41) is 3.96. The molecule has 2 aliphatic carbocycles. The molecule has 2 aromatic rings. The number of hydrogen-bond donors (Lipinski definition) is 1. The maximum Gasteiger partial charge on any atom is 0.253 e. The maximum atomic E-state index is 12.5. The Morgan fingerprint density at radius 1 is 1.14 bits per heavy atom. The first-order valence-electron chi connectivity index (χ1n) is 12.7. The first-order chi connectivity index (χ1) is 16.8. The molecule has 0 amide bonds. The maximum absolute atomic E-state index is 12.5. The van der Waals surface area contributed by atoms with Crippen LogP contribution in [-0.2, 0) is 0 Å². The molecule has 1 saturated carbocycles. The lowest BCUT2D eigenvalue weighted by atomic mass is 9.78. The van der Waals surface area contributed by atoms with Crippen molar-refractivity contribution in [2.24, 2.45) is 11.8 Å². The first-order valence-corrected chi connectivity index (χ1v) is 13.5. The molecule has 1 aliphatic heterocycles. The Hall–Kier alpha value is -2.08. The van der Waals surface area contributed by atoms with E-state index in [1.165, 1.54) is 29.6 Å². The molecule has 0 saturated heterocycles. The zero-order valence-electron chi connectivity index (χ0n) is 20.6. The van der Waals surface area contributed by atoms with E-state index in [9.17, 15) is 9.59 Å². The number of anilines is 3. The number of rotatable bonds is 8. The van der Waals surface area contributed by atoms with Gasteiger partial charge in [0.2, 0.25) is 0 Å². The lowest BCUT2D eigenvalue weighted by Crippen LogP contribution is -2.43. The third kappa shape index (κ3) is 4.71. The van der Waals surface area contributed by atoms with E-state index in [4.69, 9.17) is 23.2 Å². The quantitative estimate of drug-likeness (QED) is 0.380. The second kappa shape index (κ2) is 9.76. The zero-order valence-corrected chi connectivity index (χ0v) is 22.1. The van der Waals surface area contributed by atoms with E-state index >= 15 is 0 Å². The van der Waals surface area contributed by atoms with Gasteiger partial charge in [0.25, 0.3) is 10.9 Å². The number of nitrogens with one attached hydrogen (secondary N) is 1. The average molecular weight is 514 g/mol. The highest BCUT2D eigenvalue weighted by atomic mass is 35.5. The van der Waals surface area contributed by atoms with E-state index in [1.54, 1.807) is 0 Å². The summed E-state index contributed by atoms with van der Waals surface area (Å²) in [6, 6.07) is 8.17. The minimum atomic E-state index is -0.422. The molecule has 2 aromatic carbocycles. The molecule has 1 heterocycles. The van der Waals surface area contributed by atoms with Crippen LogP contribution in [0.15, 0.2) is 56.1 Å². The number of hydrogen-bond acceptors (Lipinski definition) is 5. The van der Waals surface area contributed by atoms with Crippen molar-refractivity contribution in [3.63, 3.8) is 0 Å². The summed E-state index contributed by atoms with van der Waals surface area (Å²) in [4.78, 5) is 29.3. The molecule has 0 aromatic heterocycles. The standard InChI is InChI=1S/C28H33Cl2N3O2/c1-4-11-33(13-17-5-6-17)26-25(27(34)28(26)35)31-19-9-7-18(8-10-19)21-14-32(3)15-22-20(21)12-23(29)16(2)24(22)30/h7-10,12,16-17,21,24,31H,4-6,11,13-15H2,1-3H3. The zero-order chi connectivity index (χ0) is 24.9. The van der Waals surface area contributed by atoms with Crippen molar-refractivity contribution in [1.82, 2.24) is 4.90 Å². The molecular formula is C28H33Cl2N3O2. The van der Waals surface area contributed by atoms with Gasteiger partial charge in [0, 0.05) is 48.7 Å². The lowest BCUT2D eigenvalue weighted by Gasteiger charge is -2.39. The molecule has 1 fully saturated rings. The second-order valence-corrected chi connectivity index (χ2v) is 11.4. The predicted molar refractivity (Wildman–Crippen MR) is 146 cm³/mol. The molecule has 3 aliphatic rings. The van der Waals surface area contributed by atoms with E-state index in [0.29, 0.717) is 17.3 Å². The van der Waals surface area contributed by atoms with Crippen LogP contribution in [0, 0.1) is 11.8 Å². The van der Waals surface area contributed by atoms with E-state index in [-0.39, 0.29) is 22.6 Å². The predicted octanol–water partition coefficient (Wildman–Crippen LogP) is 5.36. The van der Waals surface area contributed by atoms with Crippen LogP contribution in [0.25, 0.3) is 0 Å². The van der Waals surface area contributed by atoms with E-state index in [2.05, 4.69) is 54.2 Å². The number of benzene rings is 1. The molecule has 3 unspecified atom stereocenters. The van der Waals surface area contributed by atoms with Gasteiger partial charge in [-0.1, -0.05) is 37.6 Å². The summed E-state index contributed by atoms with van der Waals surface area (Å²) in [7, 11) is 2.12. The fourth-order valence-electron chi connectivity index (χ4n) is 5.44. The van der Waals surface area contributed by atoms with Gasteiger partial charge in [-0.3, -0.25) is 9.59 Å². The van der Waals surface area contributed by atoms with Gasteiger partial charge in [-0.15, -0.1) is 11.6 Å². The highest BCUT2D eigenvalue weighted by molar-refractivity contribution is 6.32. The fourth-order valence-corrected chi connectivity index (χ4v) is 6.08. The molecule has 186 valence electrons. The van der Waals surface area contributed by atoms with Gasteiger partial charge in [-0.25, -0.2) is 0 Å². The SMILES string of the molecule is CCCN(CC1CC1)c1c(Nc2ccc(C3CN(C)CC4=C3C=C(Cl)C(C)C4Cl)cc2)c(=O)c1=O. The third-order valence-corrected chi connectivity index (χ3v) is 8.73. The summed E-state index contributed by atoms with van der Waals surface area (Å²) in [6.07, 6.45) is 5.46. The summed E-state index contributed by atoms with van der Waals surface area (Å²) in [5.74, 6) is 0.942. The van der Waals surface area contributed by atoms with Crippen LogP contribution in [0.1, 0.15) is 44.6 Å². The Kier molecular flexibility index (Phi) is 6.86. The molecular weight excluding hydrogens is 481 g/mol. The van der Waals surface area contributed by atoms with Crippen LogP contribution in [0.3, 0.4) is 0 Å². The van der Waals surface area contributed by atoms with Crippen LogP contribution in [0.2, 0.25) is 0 Å². The highest BCUT2D eigenvalue weighted by Gasteiger charge is 2.36. The van der Waals surface area contributed by atoms with Crippen LogP contribution in [0.4, 0.5) is 17.1 Å². The Labute approximate surface area is 217 Å². The molecule has 5 nitrogen and oxygen atoms in total. The Morgan fingerprint density at radius 3 is 2.51 bits per heavy atom. The average Bonchev–Trinajstić information content (AvgIpc) is 3.67. The minimum absolute atomic E-state index is 0.0945. The van der Waals surface area contributed by atoms with Gasteiger partial charge in [-0.05, 0) is 67.1 Å². The normalized spacial score (nSPS) is 24.9. The van der Waals surface area contributed by atoms with Crippen molar-refractivity contribution in [1.29, 1.82) is 0 Å². The highest BCUT2D eigenvalue weighted by Crippen LogP contribution is 2.43. The monoisotopic (exact) mass is 513 g/mol. The van der Waals surface area contributed by atoms with Gasteiger partial charge in [0.05, 0.1) is 5.38 Å². The fraction of sp³-hybridized carbons (Fsp3) is 0.500. The molecule has 0 radical (unpaired) electrons. The van der Waals surface area contributed by atoms with Crippen molar-refractivity contribution >= 4 is 40.3 Å². The number of alkyl halides is 1. The number of halogens is 2. The summed E-state index contributed by atoms with van der Waals surface area (Å²) >= 11 is 13.3. The molecule has 5 rings (SSSR count). The van der Waals surface area contributed by atoms with Crippen LogP contribution in [-0.4, -0.2) is 43.5 Å². The van der Waals surface area contributed by atoms with E-state index < -0.39 is 5.43 Å². The third-order valence-electron chi connectivity index (χ3n) is 7.63. The summed E-state index contributed by atoms with van der Waals surface area (Å²) < 4.78 is 0. The van der Waals surface area contributed by atoms with Crippen molar-refractivity contribution in [3.05, 3.63) is 72.5 Å². The van der Waals surface area contributed by atoms with Crippen LogP contribution >= 0.6 is 23.2 Å². The Balaban J connectivity index is 1.38. The topological polar surface area (TPSA) is 52.6 Å². The van der Waals surface area contributed by atoms with Crippen LogP contribution in [0.5, 0.6) is 0 Å². The van der Waals surface area contributed by atoms with Crippen molar-refractivity contribution < 1.29 is 0 Å². The van der Waals surface area contributed by atoms with Gasteiger partial charge in [-0.2, -0.15) is 0 Å². The summed E-state index contributed by atoms with van der Waals surface area (Å²) in [6.45, 7) is 7.56. The molecule has 0 bridgehead atoms. The van der Waals surface area contributed by atoms with Crippen molar-refractivity contribution in [3.8, 4) is 0 Å². The molecule has 35 heavy (non-hydrogen) atoms. The van der Waals surface area contributed by atoms with Gasteiger partial charge in [0.1, 0.15) is 11.4 Å². The molecule has 7 heteroatoms. The second-order valence-electron chi connectivity index (χ2n) is 10.5. The summed E-state index contributed by atoms with van der Waals surface area (Å²) in [5.41, 5.74) is 4.67. The minimum Gasteiger partial charge on any atom is -0.366 e. The van der Waals surface area contributed by atoms with E-state index in [0.717, 1.165) is 43.3 Å². The van der Waals surface area contributed by atoms with Crippen molar-refractivity contribution in [2.75, 3.05) is 43.4 Å². The number of likely N-dealkylation sites (N-methyl/N-ethyl adjacent to an activating group) is 1. The molecule has 0 spiro atoms. The van der Waals surface area contributed by atoms with Gasteiger partial charge < -0.3 is 15.1 Å². The van der Waals surface area contributed by atoms with Crippen molar-refractivity contribution in [2.45, 2.75) is 44.4 Å². The first kappa shape index (κ1) is 24.6.